The van der Waals surface area contributed by atoms with E-state index in [1.807, 2.05) is 16.4 Å². The van der Waals surface area contributed by atoms with Gasteiger partial charge < -0.3 is 0 Å². The fourth-order valence-corrected chi connectivity index (χ4v) is 3.85. The second-order valence-electron chi connectivity index (χ2n) is 7.25. The first-order valence-electron chi connectivity index (χ1n) is 9.20. The summed E-state index contributed by atoms with van der Waals surface area (Å²) in [6.45, 7) is 5.84. The van der Waals surface area contributed by atoms with E-state index >= 15 is 0 Å². The van der Waals surface area contributed by atoms with E-state index in [4.69, 9.17) is 0 Å². The molecule has 142 valence electrons. The van der Waals surface area contributed by atoms with Gasteiger partial charge in [0.25, 0.3) is 5.56 Å². The Labute approximate surface area is 155 Å². The first kappa shape index (κ1) is 17.5. The maximum Gasteiger partial charge on any atom is 0.364 e. The summed E-state index contributed by atoms with van der Waals surface area (Å²) in [5, 5.41) is 0. The topological polar surface area (TPSA) is 66.9 Å². The number of aryl methyl sites for hydroxylation is 1. The smallest absolute Gasteiger partial charge is 0.267 e. The Balaban J connectivity index is 2.00. The van der Waals surface area contributed by atoms with Gasteiger partial charge in [0.05, 0.1) is 13.1 Å². The summed E-state index contributed by atoms with van der Waals surface area (Å²) in [5.74, 6) is 0.719. The zero-order chi connectivity index (χ0) is 19.3. The lowest BCUT2D eigenvalue weighted by Crippen LogP contribution is -2.52. The zero-order valence-corrected chi connectivity index (χ0v) is 15.7. The molecule has 8 heteroatoms. The molecule has 7 nitrogen and oxygen atoms in total. The molecule has 0 spiro atoms. The van der Waals surface area contributed by atoms with Crippen molar-refractivity contribution in [1.29, 1.82) is 0 Å². The number of rotatable bonds is 3. The molecule has 0 bridgehead atoms. The molecule has 0 saturated carbocycles. The molecule has 0 radical (unpaired) electrons. The molecule has 2 aromatic heterocycles. The van der Waals surface area contributed by atoms with E-state index in [9.17, 15) is 14.0 Å². The summed E-state index contributed by atoms with van der Waals surface area (Å²) in [5.41, 5.74) is 1.25. The maximum atomic E-state index is 13.3. The van der Waals surface area contributed by atoms with Crippen LogP contribution in [0, 0.1) is 11.7 Å². The molecule has 27 heavy (non-hydrogen) atoms. The number of aromatic nitrogens is 4. The normalized spacial score (nSPS) is 16.7. The number of aromatic amines is 1. The van der Waals surface area contributed by atoms with Gasteiger partial charge in [0, 0.05) is 19.5 Å². The summed E-state index contributed by atoms with van der Waals surface area (Å²) in [6, 6.07) is 6.28. The predicted octanol–water partition coefficient (Wildman–Crippen LogP) is 1.65. The van der Waals surface area contributed by atoms with Crippen LogP contribution in [0.4, 0.5) is 16.0 Å². The van der Waals surface area contributed by atoms with Crippen molar-refractivity contribution in [3.63, 3.8) is 0 Å². The van der Waals surface area contributed by atoms with Crippen LogP contribution in [0.5, 0.6) is 0 Å². The molecule has 0 unspecified atom stereocenters. The molecule has 1 aromatic carbocycles. The van der Waals surface area contributed by atoms with E-state index in [0.717, 1.165) is 18.2 Å². The molecule has 0 aliphatic carbocycles. The average Bonchev–Trinajstić information content (AvgIpc) is 3.03. The number of hydrogen-bond acceptors (Lipinski definition) is 3. The van der Waals surface area contributed by atoms with Crippen molar-refractivity contribution in [2.45, 2.75) is 33.4 Å². The number of nitrogens with one attached hydrogen (secondary N) is 1. The van der Waals surface area contributed by atoms with Gasteiger partial charge in [-0.25, -0.2) is 23.6 Å². The lowest BCUT2D eigenvalue weighted by Gasteiger charge is -2.26. The predicted molar refractivity (Wildman–Crippen MR) is 101 cm³/mol. The average molecular weight is 372 g/mol. The number of benzene rings is 1. The Morgan fingerprint density at radius 1 is 1.26 bits per heavy atom. The summed E-state index contributed by atoms with van der Waals surface area (Å²) in [4.78, 5) is 31.0. The van der Waals surface area contributed by atoms with Crippen LogP contribution >= 0.6 is 0 Å². The molecule has 1 aliphatic heterocycles. The van der Waals surface area contributed by atoms with E-state index in [1.165, 1.54) is 21.3 Å². The third-order valence-corrected chi connectivity index (χ3v) is 5.11. The van der Waals surface area contributed by atoms with E-state index in [1.54, 1.807) is 19.2 Å². The highest BCUT2D eigenvalue weighted by Gasteiger charge is 2.35. The third kappa shape index (κ3) is 2.67. The molecular weight excluding hydrogens is 349 g/mol. The van der Waals surface area contributed by atoms with Gasteiger partial charge in [-0.15, -0.1) is 0 Å². The molecule has 0 amide bonds. The highest BCUT2D eigenvalue weighted by atomic mass is 19.1. The fraction of sp³-hybridized carbons (Fsp3) is 0.421. The number of hydrogen-bond donors (Lipinski definition) is 1. The van der Waals surface area contributed by atoms with Gasteiger partial charge >= 0.3 is 11.6 Å². The monoisotopic (exact) mass is 372 g/mol. The number of imidazole rings is 1. The summed E-state index contributed by atoms with van der Waals surface area (Å²) < 4.78 is 18.1. The summed E-state index contributed by atoms with van der Waals surface area (Å²) >= 11 is 0. The van der Waals surface area contributed by atoms with Crippen molar-refractivity contribution in [2.75, 3.05) is 11.4 Å². The minimum absolute atomic E-state index is 0.273. The molecule has 1 atom stereocenters. The number of nitrogens with zero attached hydrogens (tertiary/aromatic N) is 4. The van der Waals surface area contributed by atoms with Crippen LogP contribution in [0.25, 0.3) is 11.2 Å². The minimum Gasteiger partial charge on any atom is -0.267 e. The van der Waals surface area contributed by atoms with Crippen molar-refractivity contribution in [3.8, 4) is 0 Å². The van der Waals surface area contributed by atoms with Gasteiger partial charge in [-0.3, -0.25) is 13.9 Å². The van der Waals surface area contributed by atoms with Gasteiger partial charge in [0.2, 0.25) is 11.2 Å². The van der Waals surface area contributed by atoms with Crippen LogP contribution in [0.3, 0.4) is 0 Å². The van der Waals surface area contributed by atoms with Crippen molar-refractivity contribution in [3.05, 3.63) is 50.9 Å². The van der Waals surface area contributed by atoms with Crippen LogP contribution in [0.1, 0.15) is 20.3 Å². The standard InChI is InChI=1S/C19H22FN5O2/c1-4-9-23-17(26)15-16(22(3)19(23)27)21-18-24(10-12(2)11-25(15)18)14-7-5-13(20)6-8-14/h5-8,12H,4,9-11H2,1-3H3/p+1/t12-/m1/s1. The Hall–Kier alpha value is -2.90. The Kier molecular flexibility index (Phi) is 4.13. The van der Waals surface area contributed by atoms with E-state index < -0.39 is 0 Å². The molecule has 0 saturated heterocycles. The van der Waals surface area contributed by atoms with Crippen LogP contribution in [-0.2, 0) is 20.1 Å². The fourth-order valence-electron chi connectivity index (χ4n) is 3.85. The van der Waals surface area contributed by atoms with Gasteiger partial charge in [-0.05, 0) is 30.7 Å². The minimum atomic E-state index is -0.324. The number of anilines is 2. The van der Waals surface area contributed by atoms with Crippen LogP contribution in [-0.4, -0.2) is 20.7 Å². The van der Waals surface area contributed by atoms with Gasteiger partial charge in [-0.1, -0.05) is 13.8 Å². The summed E-state index contributed by atoms with van der Waals surface area (Å²) in [7, 11) is 1.67. The Bertz CT molecular complexity index is 1130. The Morgan fingerprint density at radius 2 is 1.96 bits per heavy atom. The quantitative estimate of drug-likeness (QED) is 0.711. The Morgan fingerprint density at radius 3 is 2.63 bits per heavy atom. The first-order chi connectivity index (χ1) is 12.9. The van der Waals surface area contributed by atoms with Crippen molar-refractivity contribution >= 4 is 22.8 Å². The molecule has 1 aliphatic rings. The van der Waals surface area contributed by atoms with Gasteiger partial charge in [0.15, 0.2) is 0 Å². The summed E-state index contributed by atoms with van der Waals surface area (Å²) in [6.07, 6.45) is 0.704. The lowest BCUT2D eigenvalue weighted by molar-refractivity contribution is -0.669. The number of H-pyrrole nitrogens is 1. The zero-order valence-electron chi connectivity index (χ0n) is 15.7. The maximum absolute atomic E-state index is 13.3. The molecular formula is C19H23FN5O2+. The van der Waals surface area contributed by atoms with E-state index in [2.05, 4.69) is 11.9 Å². The highest BCUT2D eigenvalue weighted by Crippen LogP contribution is 2.27. The van der Waals surface area contributed by atoms with Crippen LogP contribution in [0.15, 0.2) is 33.9 Å². The van der Waals surface area contributed by atoms with Crippen molar-refractivity contribution in [2.24, 2.45) is 13.0 Å². The molecule has 1 N–H and O–H groups in total. The molecule has 3 heterocycles. The van der Waals surface area contributed by atoms with E-state index in [0.29, 0.717) is 30.7 Å². The number of halogens is 1. The SMILES string of the molecule is CCCn1c(=O)c2c([nH]c3[n+]2C[C@H](C)CN3c2ccc(F)cc2)n(C)c1=O. The van der Waals surface area contributed by atoms with Crippen LogP contribution < -0.4 is 20.7 Å². The number of fused-ring (bicyclic) bond motifs is 3. The van der Waals surface area contributed by atoms with Crippen molar-refractivity contribution in [1.82, 2.24) is 14.1 Å². The van der Waals surface area contributed by atoms with Crippen LogP contribution in [0.2, 0.25) is 0 Å². The molecule has 4 rings (SSSR count). The molecule has 0 fully saturated rings. The van der Waals surface area contributed by atoms with E-state index in [-0.39, 0.29) is 23.0 Å². The van der Waals surface area contributed by atoms with Gasteiger partial charge in [0.1, 0.15) is 11.5 Å². The van der Waals surface area contributed by atoms with Crippen molar-refractivity contribution < 1.29 is 8.96 Å². The second kappa shape index (κ2) is 6.37. The largest absolute Gasteiger partial charge is 0.364 e. The first-order valence-corrected chi connectivity index (χ1v) is 9.20. The third-order valence-electron chi connectivity index (χ3n) is 5.11. The second-order valence-corrected chi connectivity index (χ2v) is 7.25. The highest BCUT2D eigenvalue weighted by molar-refractivity contribution is 5.70. The van der Waals surface area contributed by atoms with Gasteiger partial charge in [-0.2, -0.15) is 0 Å². The molecule has 3 aromatic rings. The lowest BCUT2D eigenvalue weighted by atomic mass is 10.1.